The topological polar surface area (TPSA) is 46.2 Å². The molecule has 1 aliphatic rings. The van der Waals surface area contributed by atoms with Crippen LogP contribution in [0.25, 0.3) is 0 Å². The highest BCUT2D eigenvalue weighted by atomic mass is 32.1. The van der Waals surface area contributed by atoms with Crippen molar-refractivity contribution < 1.29 is 5.11 Å². The van der Waals surface area contributed by atoms with Crippen LogP contribution in [-0.4, -0.2) is 10.3 Å². The third-order valence-corrected chi connectivity index (χ3v) is 1.50. The summed E-state index contributed by atoms with van der Waals surface area (Å²) in [6.45, 7) is 0. The van der Waals surface area contributed by atoms with Gasteiger partial charge >= 0.3 is 0 Å². The third kappa shape index (κ3) is 10.6. The molecular formula is C7H15NOS. The number of hydrogen-bond donors (Lipinski definition) is 2. The highest BCUT2D eigenvalue weighted by Crippen LogP contribution is 2.15. The summed E-state index contributed by atoms with van der Waals surface area (Å²) >= 11 is 3.87. The maximum atomic E-state index is 7.56. The number of hydrogen-bond acceptors (Lipinski definition) is 1. The largest absolute Gasteiger partial charge is 0.487 e. The number of rotatable bonds is 0. The number of nitrogens with two attached hydrogens (primary N) is 1. The molecule has 0 heterocycles. The van der Waals surface area contributed by atoms with Gasteiger partial charge in [-0.1, -0.05) is 38.5 Å². The summed E-state index contributed by atoms with van der Waals surface area (Å²) in [5.41, 5.74) is 4.40. The van der Waals surface area contributed by atoms with E-state index in [1.165, 1.54) is 38.5 Å². The Balaban J connectivity index is 0.000000180. The van der Waals surface area contributed by atoms with Gasteiger partial charge < -0.3 is 10.8 Å². The Morgan fingerprint density at radius 3 is 1.20 bits per heavy atom. The normalized spacial score (nSPS) is 16.8. The first-order valence-electron chi connectivity index (χ1n) is 3.72. The molecule has 0 aromatic rings. The standard InChI is InChI=1S/C6H12.CH3NOS/c1-2-4-6-5-3-1;2-1(3)4/h1-6H2;(H3,2,3,4). The smallest absolute Gasteiger partial charge is 0.251 e. The summed E-state index contributed by atoms with van der Waals surface area (Å²) in [5, 5.41) is 7.06. The van der Waals surface area contributed by atoms with Crippen molar-refractivity contribution in [1.82, 2.24) is 0 Å². The van der Waals surface area contributed by atoms with E-state index in [9.17, 15) is 0 Å². The fourth-order valence-electron chi connectivity index (χ4n) is 1.06. The van der Waals surface area contributed by atoms with Crippen LogP contribution in [0.1, 0.15) is 38.5 Å². The van der Waals surface area contributed by atoms with Crippen molar-refractivity contribution in [3.63, 3.8) is 0 Å². The number of aliphatic hydroxyl groups is 1. The van der Waals surface area contributed by atoms with Gasteiger partial charge in [-0.3, -0.25) is 0 Å². The first-order chi connectivity index (χ1) is 4.73. The molecule has 2 nitrogen and oxygen atoms in total. The van der Waals surface area contributed by atoms with Gasteiger partial charge in [0, 0.05) is 0 Å². The minimum Gasteiger partial charge on any atom is -0.487 e. The molecule has 0 aromatic carbocycles. The first kappa shape index (κ1) is 9.69. The quantitative estimate of drug-likeness (QED) is 0.535. The Bertz CT molecular complexity index is 76.1. The molecule has 0 aromatic heterocycles. The lowest BCUT2D eigenvalue weighted by atomic mass is 10.0. The maximum Gasteiger partial charge on any atom is 0.251 e. The predicted octanol–water partition coefficient (Wildman–Crippen LogP) is 2.13. The van der Waals surface area contributed by atoms with Crippen LogP contribution in [-0.2, 0) is 0 Å². The van der Waals surface area contributed by atoms with Crippen LogP contribution in [0.15, 0.2) is 0 Å². The van der Waals surface area contributed by atoms with E-state index in [4.69, 9.17) is 5.11 Å². The average molecular weight is 161 g/mol. The lowest BCUT2D eigenvalue weighted by molar-refractivity contribution is 0.504. The van der Waals surface area contributed by atoms with Gasteiger partial charge in [-0.15, -0.1) is 0 Å². The molecule has 1 saturated carbocycles. The second-order valence-electron chi connectivity index (χ2n) is 2.46. The van der Waals surface area contributed by atoms with E-state index in [-0.39, 0.29) is 0 Å². The van der Waals surface area contributed by atoms with Crippen molar-refractivity contribution in [2.45, 2.75) is 38.5 Å². The van der Waals surface area contributed by atoms with E-state index < -0.39 is 5.17 Å². The molecule has 0 bridgehead atoms. The van der Waals surface area contributed by atoms with Gasteiger partial charge in [-0.2, -0.15) is 0 Å². The van der Waals surface area contributed by atoms with Crippen molar-refractivity contribution in [2.24, 2.45) is 5.73 Å². The SMILES string of the molecule is C1CCCCC1.NC(O)=S. The summed E-state index contributed by atoms with van der Waals surface area (Å²) in [6.07, 6.45) is 9.00. The minimum absolute atomic E-state index is 0.500. The van der Waals surface area contributed by atoms with E-state index in [0.29, 0.717) is 0 Å². The Hall–Kier alpha value is -0.310. The molecule has 1 aliphatic carbocycles. The van der Waals surface area contributed by atoms with Gasteiger partial charge in [-0.05, 0) is 12.2 Å². The molecule has 0 saturated heterocycles. The van der Waals surface area contributed by atoms with Gasteiger partial charge in [0.15, 0.2) is 0 Å². The van der Waals surface area contributed by atoms with Crippen molar-refractivity contribution in [1.29, 1.82) is 0 Å². The zero-order valence-electron chi connectivity index (χ0n) is 6.18. The van der Waals surface area contributed by atoms with Crippen LogP contribution < -0.4 is 5.73 Å². The van der Waals surface area contributed by atoms with Gasteiger partial charge in [0.25, 0.3) is 5.17 Å². The zero-order valence-corrected chi connectivity index (χ0v) is 6.99. The van der Waals surface area contributed by atoms with Gasteiger partial charge in [0.1, 0.15) is 0 Å². The summed E-state index contributed by atoms with van der Waals surface area (Å²) in [4.78, 5) is 0. The summed E-state index contributed by atoms with van der Waals surface area (Å²) in [7, 11) is 0. The first-order valence-corrected chi connectivity index (χ1v) is 4.12. The van der Waals surface area contributed by atoms with Gasteiger partial charge in [0.05, 0.1) is 0 Å². The Morgan fingerprint density at radius 2 is 1.10 bits per heavy atom. The van der Waals surface area contributed by atoms with Crippen LogP contribution in [0.5, 0.6) is 0 Å². The van der Waals surface area contributed by atoms with Crippen molar-refractivity contribution in [3.05, 3.63) is 0 Å². The molecule has 0 unspecified atom stereocenters. The molecular weight excluding hydrogens is 146 g/mol. The highest BCUT2D eigenvalue weighted by molar-refractivity contribution is 7.79. The van der Waals surface area contributed by atoms with E-state index in [2.05, 4.69) is 18.0 Å². The molecule has 3 heteroatoms. The van der Waals surface area contributed by atoms with E-state index >= 15 is 0 Å². The van der Waals surface area contributed by atoms with E-state index in [1.54, 1.807) is 0 Å². The average Bonchev–Trinajstić information content (AvgIpc) is 1.90. The van der Waals surface area contributed by atoms with Crippen molar-refractivity contribution >= 4 is 17.4 Å². The maximum absolute atomic E-state index is 7.56. The Labute approximate surface area is 67.4 Å². The van der Waals surface area contributed by atoms with Crippen LogP contribution >= 0.6 is 12.2 Å². The van der Waals surface area contributed by atoms with Crippen LogP contribution in [0, 0.1) is 0 Å². The van der Waals surface area contributed by atoms with Crippen LogP contribution in [0.4, 0.5) is 0 Å². The van der Waals surface area contributed by atoms with E-state index in [0.717, 1.165) is 0 Å². The number of thiocarbonyl (C=S) groups is 1. The highest BCUT2D eigenvalue weighted by Gasteiger charge is 1.95. The molecule has 0 aliphatic heterocycles. The Kier molecular flexibility index (Phi) is 6.59. The molecule has 0 radical (unpaired) electrons. The predicted molar refractivity (Wildman–Crippen MR) is 47.1 cm³/mol. The number of aliphatic hydroxyl groups excluding tert-OH is 1. The zero-order chi connectivity index (χ0) is 7.82. The molecule has 60 valence electrons. The summed E-state index contributed by atoms with van der Waals surface area (Å²) < 4.78 is 0. The summed E-state index contributed by atoms with van der Waals surface area (Å²) in [5.74, 6) is 0. The Morgan fingerprint density at radius 1 is 1.00 bits per heavy atom. The second-order valence-corrected chi connectivity index (χ2v) is 2.88. The molecule has 0 atom stereocenters. The fourth-order valence-corrected chi connectivity index (χ4v) is 1.06. The third-order valence-electron chi connectivity index (χ3n) is 1.50. The second kappa shape index (κ2) is 6.81. The lowest BCUT2D eigenvalue weighted by Crippen LogP contribution is -2.03. The monoisotopic (exact) mass is 161 g/mol. The van der Waals surface area contributed by atoms with Gasteiger partial charge in [0.2, 0.25) is 0 Å². The molecule has 1 rings (SSSR count). The minimum atomic E-state index is -0.500. The molecule has 3 N–H and O–H groups in total. The van der Waals surface area contributed by atoms with Crippen LogP contribution in [0.3, 0.4) is 0 Å². The van der Waals surface area contributed by atoms with Crippen molar-refractivity contribution in [3.8, 4) is 0 Å². The molecule has 0 spiro atoms. The van der Waals surface area contributed by atoms with Crippen molar-refractivity contribution in [2.75, 3.05) is 0 Å². The molecule has 0 amide bonds. The van der Waals surface area contributed by atoms with Gasteiger partial charge in [-0.25, -0.2) is 0 Å². The lowest BCUT2D eigenvalue weighted by Gasteiger charge is -2.05. The van der Waals surface area contributed by atoms with E-state index in [1.807, 2.05) is 0 Å². The molecule has 10 heavy (non-hydrogen) atoms. The van der Waals surface area contributed by atoms with Crippen LogP contribution in [0.2, 0.25) is 0 Å². The summed E-state index contributed by atoms with van der Waals surface area (Å²) in [6, 6.07) is 0. The molecule has 1 fully saturated rings. The fraction of sp³-hybridized carbons (Fsp3) is 0.857.